The highest BCUT2D eigenvalue weighted by Crippen LogP contribution is 2.26. The number of carbonyl (C=O) groups excluding carboxylic acids is 2. The van der Waals surface area contributed by atoms with Crippen molar-refractivity contribution in [1.29, 1.82) is 0 Å². The number of amides is 2. The van der Waals surface area contributed by atoms with Crippen molar-refractivity contribution in [2.24, 2.45) is 0 Å². The summed E-state index contributed by atoms with van der Waals surface area (Å²) in [6.07, 6.45) is 4.46. The van der Waals surface area contributed by atoms with Crippen LogP contribution in [0.25, 0.3) is 16.8 Å². The van der Waals surface area contributed by atoms with Crippen molar-refractivity contribution < 1.29 is 19.1 Å². The highest BCUT2D eigenvalue weighted by molar-refractivity contribution is 6.30. The Morgan fingerprint density at radius 1 is 1.13 bits per heavy atom. The first-order valence-corrected chi connectivity index (χ1v) is 13.2. The Labute approximate surface area is 227 Å². The maximum Gasteiger partial charge on any atom is 0.410 e. The van der Waals surface area contributed by atoms with Crippen molar-refractivity contribution in [2.45, 2.75) is 71.8 Å². The van der Waals surface area contributed by atoms with Gasteiger partial charge in [0.2, 0.25) is 5.91 Å². The minimum absolute atomic E-state index is 0.0495. The number of rotatable bonds is 6. The zero-order valence-electron chi connectivity index (χ0n) is 22.5. The van der Waals surface area contributed by atoms with Crippen LogP contribution in [-0.4, -0.2) is 56.7 Å². The van der Waals surface area contributed by atoms with Crippen LogP contribution < -0.4 is 15.6 Å². The molecule has 1 aliphatic rings. The van der Waals surface area contributed by atoms with E-state index in [2.05, 4.69) is 5.32 Å². The second-order valence-electron chi connectivity index (χ2n) is 10.9. The van der Waals surface area contributed by atoms with E-state index in [0.717, 1.165) is 5.56 Å². The van der Waals surface area contributed by atoms with Gasteiger partial charge in [0.1, 0.15) is 29.5 Å². The van der Waals surface area contributed by atoms with Gasteiger partial charge in [-0.3, -0.25) is 14.2 Å². The molecule has 0 bridgehead atoms. The van der Waals surface area contributed by atoms with E-state index in [1.54, 1.807) is 39.8 Å². The molecule has 1 N–H and O–H groups in total. The van der Waals surface area contributed by atoms with E-state index in [0.29, 0.717) is 47.9 Å². The summed E-state index contributed by atoms with van der Waals surface area (Å²) in [6, 6.07) is 8.82. The lowest BCUT2D eigenvalue weighted by Gasteiger charge is -2.33. The summed E-state index contributed by atoms with van der Waals surface area (Å²) in [5.74, 6) is 0.300. The average Bonchev–Trinajstić information content (AvgIpc) is 3.22. The number of carbonyl (C=O) groups is 2. The fourth-order valence-corrected chi connectivity index (χ4v) is 4.66. The van der Waals surface area contributed by atoms with Gasteiger partial charge >= 0.3 is 6.09 Å². The Morgan fingerprint density at radius 2 is 1.84 bits per heavy atom. The van der Waals surface area contributed by atoms with E-state index in [1.165, 1.54) is 4.57 Å². The Bertz CT molecular complexity index is 1380. The van der Waals surface area contributed by atoms with Crippen molar-refractivity contribution in [3.8, 4) is 17.0 Å². The third kappa shape index (κ3) is 6.69. The van der Waals surface area contributed by atoms with Crippen molar-refractivity contribution >= 4 is 29.1 Å². The Kier molecular flexibility index (Phi) is 8.06. The summed E-state index contributed by atoms with van der Waals surface area (Å²) in [6.45, 7) is 10.2. The lowest BCUT2D eigenvalue weighted by Crippen LogP contribution is -2.44. The normalized spacial score (nSPS) is 14.7. The molecule has 2 amide bonds. The third-order valence-corrected chi connectivity index (χ3v) is 6.34. The van der Waals surface area contributed by atoms with Crippen molar-refractivity contribution in [2.75, 3.05) is 13.1 Å². The predicted molar refractivity (Wildman–Crippen MR) is 147 cm³/mol. The number of halogens is 1. The number of hydrogen-bond donors (Lipinski definition) is 1. The number of nitrogens with one attached hydrogen (secondary N) is 1. The fraction of sp³-hybridized carbons (Fsp3) is 0.464. The van der Waals surface area contributed by atoms with Crippen LogP contribution >= 0.6 is 11.6 Å². The maximum atomic E-state index is 13.6. The van der Waals surface area contributed by atoms with E-state index < -0.39 is 5.60 Å². The molecule has 0 atom stereocenters. The van der Waals surface area contributed by atoms with Crippen LogP contribution in [0.4, 0.5) is 4.79 Å². The van der Waals surface area contributed by atoms with Crippen LogP contribution in [0.15, 0.2) is 47.5 Å². The molecule has 38 heavy (non-hydrogen) atoms. The second-order valence-corrected chi connectivity index (χ2v) is 11.3. The van der Waals surface area contributed by atoms with E-state index in [-0.39, 0.29) is 36.3 Å². The molecule has 0 radical (unpaired) electrons. The van der Waals surface area contributed by atoms with Crippen molar-refractivity contribution in [1.82, 2.24) is 19.2 Å². The Morgan fingerprint density at radius 3 is 2.47 bits per heavy atom. The minimum Gasteiger partial charge on any atom is -0.489 e. The zero-order chi connectivity index (χ0) is 27.6. The quantitative estimate of drug-likeness (QED) is 0.486. The predicted octanol–water partition coefficient (Wildman–Crippen LogP) is 4.72. The summed E-state index contributed by atoms with van der Waals surface area (Å²) < 4.78 is 14.9. The van der Waals surface area contributed by atoms with E-state index >= 15 is 0 Å². The largest absolute Gasteiger partial charge is 0.489 e. The maximum absolute atomic E-state index is 13.6. The number of nitrogens with zero attached hydrogens (tertiary/aromatic N) is 3. The molecule has 0 spiro atoms. The summed E-state index contributed by atoms with van der Waals surface area (Å²) in [5, 5.41) is 3.38. The highest BCUT2D eigenvalue weighted by Gasteiger charge is 2.28. The number of ether oxygens (including phenoxy) is 2. The van der Waals surface area contributed by atoms with Gasteiger partial charge < -0.3 is 24.1 Å². The van der Waals surface area contributed by atoms with Gasteiger partial charge in [-0.1, -0.05) is 23.7 Å². The van der Waals surface area contributed by atoms with E-state index in [9.17, 15) is 14.4 Å². The third-order valence-electron chi connectivity index (χ3n) is 6.11. The molecule has 10 heteroatoms. The van der Waals surface area contributed by atoms with Gasteiger partial charge in [0.05, 0.1) is 11.9 Å². The van der Waals surface area contributed by atoms with Gasteiger partial charge in [-0.2, -0.15) is 0 Å². The molecular formula is C28H35ClN4O5. The molecular weight excluding hydrogens is 508 g/mol. The van der Waals surface area contributed by atoms with Crippen LogP contribution in [0.1, 0.15) is 47.5 Å². The van der Waals surface area contributed by atoms with Crippen LogP contribution in [0.3, 0.4) is 0 Å². The van der Waals surface area contributed by atoms with E-state index in [1.807, 2.05) is 46.9 Å². The lowest BCUT2D eigenvalue weighted by molar-refractivity contribution is -0.122. The molecule has 1 saturated heterocycles. The molecule has 3 heterocycles. The van der Waals surface area contributed by atoms with Crippen LogP contribution in [0.5, 0.6) is 5.75 Å². The topological polar surface area (TPSA) is 94.3 Å². The molecule has 2 aromatic heterocycles. The standard InChI is InChI=1S/C28H35ClN4O5/c1-18(2)30-25(34)17-33-24(19-7-6-8-20(29)13-19)16-32-15-22(14-23(32)26(33)35)37-21-9-11-31(12-10-21)27(36)38-28(3,4)5/h6-8,13-16,18,21H,9-12,17H2,1-5H3,(H,30,34). The van der Waals surface area contributed by atoms with Gasteiger partial charge in [0, 0.05) is 54.8 Å². The molecule has 3 aromatic rings. The minimum atomic E-state index is -0.538. The van der Waals surface area contributed by atoms with Gasteiger partial charge in [-0.05, 0) is 46.8 Å². The van der Waals surface area contributed by atoms with Gasteiger partial charge in [0.15, 0.2) is 0 Å². The molecule has 0 aliphatic carbocycles. The summed E-state index contributed by atoms with van der Waals surface area (Å²) in [4.78, 5) is 40.2. The smallest absolute Gasteiger partial charge is 0.410 e. The number of likely N-dealkylation sites (tertiary alicyclic amines) is 1. The zero-order valence-corrected chi connectivity index (χ0v) is 23.2. The summed E-state index contributed by atoms with van der Waals surface area (Å²) in [5.41, 5.74) is 0.838. The molecule has 0 unspecified atom stereocenters. The van der Waals surface area contributed by atoms with Gasteiger partial charge in [-0.15, -0.1) is 0 Å². The second kappa shape index (κ2) is 11.1. The number of hydrogen-bond acceptors (Lipinski definition) is 5. The van der Waals surface area contributed by atoms with Crippen molar-refractivity contribution in [3.63, 3.8) is 0 Å². The number of piperidine rings is 1. The van der Waals surface area contributed by atoms with E-state index in [4.69, 9.17) is 21.1 Å². The molecule has 1 fully saturated rings. The molecule has 9 nitrogen and oxygen atoms in total. The summed E-state index contributed by atoms with van der Waals surface area (Å²) >= 11 is 6.23. The molecule has 1 aromatic carbocycles. The molecule has 0 saturated carbocycles. The van der Waals surface area contributed by atoms with Gasteiger partial charge in [0.25, 0.3) is 5.56 Å². The SMILES string of the molecule is CC(C)NC(=O)Cn1c(-c2cccc(Cl)c2)cn2cc(OC3CCN(C(=O)OC(C)(C)C)CC3)cc2c1=O. The molecule has 204 valence electrons. The first-order chi connectivity index (χ1) is 17.9. The van der Waals surface area contributed by atoms with Crippen LogP contribution in [-0.2, 0) is 16.1 Å². The monoisotopic (exact) mass is 542 g/mol. The first kappa shape index (κ1) is 27.6. The number of benzene rings is 1. The van der Waals surface area contributed by atoms with Crippen LogP contribution in [0, 0.1) is 0 Å². The molecule has 1 aliphatic heterocycles. The highest BCUT2D eigenvalue weighted by atomic mass is 35.5. The average molecular weight is 543 g/mol. The summed E-state index contributed by atoms with van der Waals surface area (Å²) in [7, 11) is 0. The first-order valence-electron chi connectivity index (χ1n) is 12.8. The van der Waals surface area contributed by atoms with Gasteiger partial charge in [-0.25, -0.2) is 4.79 Å². The fourth-order valence-electron chi connectivity index (χ4n) is 4.47. The number of aromatic nitrogens is 2. The van der Waals surface area contributed by atoms with Crippen LogP contribution in [0.2, 0.25) is 5.02 Å². The Balaban J connectivity index is 1.58. The Hall–Kier alpha value is -3.46. The van der Waals surface area contributed by atoms with Crippen molar-refractivity contribution in [3.05, 3.63) is 58.1 Å². The number of fused-ring (bicyclic) bond motifs is 1. The molecule has 4 rings (SSSR count). The lowest BCUT2D eigenvalue weighted by atomic mass is 10.1.